The molecular formula is C15H20N2O4S. The standard InChI is InChI=1S/C15H20N2O4S/c18-22(19,12-5-6-12)17-10-14(15-13(17)4-2-8-20-15)21-11-3-1-7-16-9-11/h1,3,7,9,12-15H,2,4-6,8,10H2/t13-,14+,15+/m0/s1. The Bertz CT molecular complexity index is 632. The molecule has 7 heteroatoms. The van der Waals surface area contributed by atoms with Crippen LogP contribution in [0.5, 0.6) is 5.75 Å². The Morgan fingerprint density at radius 3 is 2.91 bits per heavy atom. The van der Waals surface area contributed by atoms with Gasteiger partial charge in [0.2, 0.25) is 10.0 Å². The van der Waals surface area contributed by atoms with E-state index in [1.54, 1.807) is 16.7 Å². The lowest BCUT2D eigenvalue weighted by atomic mass is 10.0. The van der Waals surface area contributed by atoms with Gasteiger partial charge in [0.15, 0.2) is 0 Å². The van der Waals surface area contributed by atoms with Crippen LogP contribution in [0.4, 0.5) is 0 Å². The highest BCUT2D eigenvalue weighted by Crippen LogP contribution is 2.39. The monoisotopic (exact) mass is 324 g/mol. The van der Waals surface area contributed by atoms with Gasteiger partial charge in [-0.1, -0.05) is 0 Å². The van der Waals surface area contributed by atoms with Crippen LogP contribution in [0.1, 0.15) is 25.7 Å². The highest BCUT2D eigenvalue weighted by Gasteiger charge is 2.53. The van der Waals surface area contributed by atoms with Crippen molar-refractivity contribution in [2.24, 2.45) is 0 Å². The van der Waals surface area contributed by atoms with E-state index in [9.17, 15) is 8.42 Å². The number of pyridine rings is 1. The molecule has 120 valence electrons. The number of hydrogen-bond donors (Lipinski definition) is 0. The molecule has 4 rings (SSSR count). The van der Waals surface area contributed by atoms with Gasteiger partial charge in [-0.2, -0.15) is 4.31 Å². The maximum absolute atomic E-state index is 12.7. The summed E-state index contributed by atoms with van der Waals surface area (Å²) in [5.74, 6) is 0.658. The number of rotatable bonds is 4. The Labute approximate surface area is 130 Å². The maximum atomic E-state index is 12.7. The SMILES string of the molecule is O=S(=O)(C1CC1)N1C[C@@H](Oc2cccnc2)[C@@H]2OCCC[C@@H]21. The molecule has 2 saturated heterocycles. The van der Waals surface area contributed by atoms with E-state index in [-0.39, 0.29) is 23.5 Å². The fourth-order valence-corrected chi connectivity index (χ4v) is 5.49. The van der Waals surface area contributed by atoms with Crippen LogP contribution in [-0.2, 0) is 14.8 Å². The highest BCUT2D eigenvalue weighted by molar-refractivity contribution is 7.90. The third-order valence-electron chi connectivity index (χ3n) is 4.62. The number of fused-ring (bicyclic) bond motifs is 1. The second-order valence-corrected chi connectivity index (χ2v) is 8.37. The first kappa shape index (κ1) is 14.4. The molecule has 22 heavy (non-hydrogen) atoms. The van der Waals surface area contributed by atoms with E-state index in [0.29, 0.717) is 18.9 Å². The van der Waals surface area contributed by atoms with Gasteiger partial charge in [-0.15, -0.1) is 0 Å². The number of ether oxygens (including phenoxy) is 2. The van der Waals surface area contributed by atoms with E-state index < -0.39 is 10.0 Å². The molecule has 0 radical (unpaired) electrons. The van der Waals surface area contributed by atoms with Crippen LogP contribution < -0.4 is 4.74 Å². The fourth-order valence-electron chi connectivity index (χ4n) is 3.41. The number of nitrogens with zero attached hydrogens (tertiary/aromatic N) is 2. The third kappa shape index (κ3) is 2.51. The molecule has 0 bridgehead atoms. The van der Waals surface area contributed by atoms with Crippen molar-refractivity contribution in [2.45, 2.75) is 49.2 Å². The quantitative estimate of drug-likeness (QED) is 0.832. The first-order valence-electron chi connectivity index (χ1n) is 7.85. The van der Waals surface area contributed by atoms with E-state index in [2.05, 4.69) is 4.98 Å². The summed E-state index contributed by atoms with van der Waals surface area (Å²) in [6.45, 7) is 1.05. The van der Waals surface area contributed by atoms with Gasteiger partial charge in [0.05, 0.1) is 24.0 Å². The maximum Gasteiger partial charge on any atom is 0.217 e. The summed E-state index contributed by atoms with van der Waals surface area (Å²) < 4.78 is 38.8. The molecule has 3 heterocycles. The van der Waals surface area contributed by atoms with Gasteiger partial charge in [0.25, 0.3) is 0 Å². The van der Waals surface area contributed by atoms with Gasteiger partial charge in [-0.3, -0.25) is 4.98 Å². The van der Waals surface area contributed by atoms with Crippen molar-refractivity contribution < 1.29 is 17.9 Å². The van der Waals surface area contributed by atoms with Gasteiger partial charge in [-0.05, 0) is 37.8 Å². The molecular weight excluding hydrogens is 304 g/mol. The Balaban J connectivity index is 1.57. The molecule has 0 unspecified atom stereocenters. The summed E-state index contributed by atoms with van der Waals surface area (Å²) in [4.78, 5) is 4.04. The van der Waals surface area contributed by atoms with Crippen LogP contribution in [-0.4, -0.2) is 54.4 Å². The highest BCUT2D eigenvalue weighted by atomic mass is 32.2. The molecule has 1 aliphatic carbocycles. The average Bonchev–Trinajstić information content (AvgIpc) is 3.33. The normalized spacial score (nSPS) is 32.6. The van der Waals surface area contributed by atoms with Crippen LogP contribution in [0, 0.1) is 0 Å². The van der Waals surface area contributed by atoms with Crippen LogP contribution in [0.3, 0.4) is 0 Å². The van der Waals surface area contributed by atoms with Crippen LogP contribution in [0.2, 0.25) is 0 Å². The Kier molecular flexibility index (Phi) is 3.58. The molecule has 3 fully saturated rings. The summed E-state index contributed by atoms with van der Waals surface area (Å²) in [7, 11) is -3.20. The van der Waals surface area contributed by atoms with Crippen molar-refractivity contribution >= 4 is 10.0 Å². The van der Waals surface area contributed by atoms with Crippen molar-refractivity contribution in [1.29, 1.82) is 0 Å². The molecule has 6 nitrogen and oxygen atoms in total. The summed E-state index contributed by atoms with van der Waals surface area (Å²) in [5, 5.41) is -0.188. The van der Waals surface area contributed by atoms with Crippen LogP contribution >= 0.6 is 0 Å². The largest absolute Gasteiger partial charge is 0.485 e. The van der Waals surface area contributed by atoms with Gasteiger partial charge >= 0.3 is 0 Å². The lowest BCUT2D eigenvalue weighted by molar-refractivity contribution is -0.0418. The number of sulfonamides is 1. The van der Waals surface area contributed by atoms with E-state index in [1.165, 1.54) is 0 Å². The second-order valence-electron chi connectivity index (χ2n) is 6.20. The molecule has 1 aromatic heterocycles. The molecule has 1 saturated carbocycles. The summed E-state index contributed by atoms with van der Waals surface area (Å²) in [5.41, 5.74) is 0. The van der Waals surface area contributed by atoms with Gasteiger partial charge < -0.3 is 9.47 Å². The number of hydrogen-bond acceptors (Lipinski definition) is 5. The molecule has 0 spiro atoms. The zero-order chi connectivity index (χ0) is 15.2. The molecule has 0 amide bonds. The van der Waals surface area contributed by atoms with Crippen LogP contribution in [0.15, 0.2) is 24.5 Å². The van der Waals surface area contributed by atoms with Gasteiger partial charge in [-0.25, -0.2) is 8.42 Å². The lowest BCUT2D eigenvalue weighted by Gasteiger charge is -2.31. The first-order valence-corrected chi connectivity index (χ1v) is 9.35. The van der Waals surface area contributed by atoms with Gasteiger partial charge in [0, 0.05) is 12.8 Å². The Morgan fingerprint density at radius 1 is 1.32 bits per heavy atom. The molecule has 1 aromatic rings. The topological polar surface area (TPSA) is 68.7 Å². The summed E-state index contributed by atoms with van der Waals surface area (Å²) in [6, 6.07) is 3.56. The smallest absolute Gasteiger partial charge is 0.217 e. The molecule has 0 aromatic carbocycles. The fraction of sp³-hybridized carbons (Fsp3) is 0.667. The first-order chi connectivity index (χ1) is 10.7. The molecule has 3 atom stereocenters. The van der Waals surface area contributed by atoms with E-state index in [4.69, 9.17) is 9.47 Å². The minimum Gasteiger partial charge on any atom is -0.485 e. The Morgan fingerprint density at radius 2 is 2.18 bits per heavy atom. The van der Waals surface area contributed by atoms with E-state index in [1.807, 2.05) is 12.1 Å². The average molecular weight is 324 g/mol. The minimum atomic E-state index is -3.20. The van der Waals surface area contributed by atoms with E-state index in [0.717, 1.165) is 25.7 Å². The predicted molar refractivity (Wildman–Crippen MR) is 80.1 cm³/mol. The summed E-state index contributed by atoms with van der Waals surface area (Å²) >= 11 is 0. The minimum absolute atomic E-state index is 0.0824. The Hall–Kier alpha value is -1.18. The zero-order valence-corrected chi connectivity index (χ0v) is 13.1. The van der Waals surface area contributed by atoms with E-state index >= 15 is 0 Å². The molecule has 3 aliphatic rings. The van der Waals surface area contributed by atoms with Crippen LogP contribution in [0.25, 0.3) is 0 Å². The van der Waals surface area contributed by atoms with Crippen molar-refractivity contribution in [3.05, 3.63) is 24.5 Å². The lowest BCUT2D eigenvalue weighted by Crippen LogP contribution is -2.45. The molecule has 2 aliphatic heterocycles. The second kappa shape index (κ2) is 5.47. The number of aromatic nitrogens is 1. The summed E-state index contributed by atoms with van der Waals surface area (Å²) in [6.07, 6.45) is 6.21. The predicted octanol–water partition coefficient (Wildman–Crippen LogP) is 1.18. The van der Waals surface area contributed by atoms with Crippen molar-refractivity contribution in [3.8, 4) is 5.75 Å². The van der Waals surface area contributed by atoms with Crippen molar-refractivity contribution in [1.82, 2.24) is 9.29 Å². The zero-order valence-electron chi connectivity index (χ0n) is 12.3. The molecule has 0 N–H and O–H groups in total. The van der Waals surface area contributed by atoms with Gasteiger partial charge in [0.1, 0.15) is 18.0 Å². The third-order valence-corrected chi connectivity index (χ3v) is 7.01. The van der Waals surface area contributed by atoms with Crippen molar-refractivity contribution in [2.75, 3.05) is 13.2 Å². The van der Waals surface area contributed by atoms with Crippen molar-refractivity contribution in [3.63, 3.8) is 0 Å².